The Morgan fingerprint density at radius 3 is 3.00 bits per heavy atom. The molecule has 1 aromatic carbocycles. The summed E-state index contributed by atoms with van der Waals surface area (Å²) in [4.78, 5) is 7.29. The third-order valence-corrected chi connectivity index (χ3v) is 2.73. The van der Waals surface area contributed by atoms with Crippen molar-refractivity contribution in [1.29, 1.82) is 0 Å². The lowest BCUT2D eigenvalue weighted by Gasteiger charge is -2.02. The molecule has 18 heavy (non-hydrogen) atoms. The number of hydrogen-bond acceptors (Lipinski definition) is 3. The molecule has 0 amide bonds. The van der Waals surface area contributed by atoms with Gasteiger partial charge in [0, 0.05) is 22.8 Å². The Hall–Kier alpha value is -2.49. The molecule has 0 aliphatic carbocycles. The van der Waals surface area contributed by atoms with Crippen LogP contribution < -0.4 is 10.5 Å². The molecule has 3 aromatic rings. The summed E-state index contributed by atoms with van der Waals surface area (Å²) in [6, 6.07) is 11.6. The fourth-order valence-corrected chi connectivity index (χ4v) is 1.88. The first-order chi connectivity index (χ1) is 8.81. The van der Waals surface area contributed by atoms with Crippen molar-refractivity contribution >= 4 is 16.6 Å². The minimum Gasteiger partial charge on any atom is -0.486 e. The maximum Gasteiger partial charge on any atom is 0.138 e. The number of nitrogens with one attached hydrogen (secondary N) is 1. The first-order valence-corrected chi connectivity index (χ1v) is 5.71. The van der Waals surface area contributed by atoms with Gasteiger partial charge in [0.2, 0.25) is 0 Å². The number of anilines is 1. The van der Waals surface area contributed by atoms with E-state index in [1.807, 2.05) is 36.4 Å². The van der Waals surface area contributed by atoms with Crippen molar-refractivity contribution in [1.82, 2.24) is 9.97 Å². The van der Waals surface area contributed by atoms with Gasteiger partial charge in [0.05, 0.1) is 11.9 Å². The molecule has 0 spiro atoms. The smallest absolute Gasteiger partial charge is 0.138 e. The van der Waals surface area contributed by atoms with E-state index in [2.05, 4.69) is 9.97 Å². The predicted molar refractivity (Wildman–Crippen MR) is 71.3 cm³/mol. The molecule has 2 heterocycles. The Labute approximate surface area is 104 Å². The molecule has 3 N–H and O–H groups in total. The number of hydrogen-bond donors (Lipinski definition) is 2. The van der Waals surface area contributed by atoms with Crippen LogP contribution in [0.25, 0.3) is 10.9 Å². The van der Waals surface area contributed by atoms with E-state index >= 15 is 0 Å². The van der Waals surface area contributed by atoms with Crippen LogP contribution in [0.5, 0.6) is 5.75 Å². The fourth-order valence-electron chi connectivity index (χ4n) is 1.88. The van der Waals surface area contributed by atoms with Crippen molar-refractivity contribution in [2.24, 2.45) is 0 Å². The number of pyridine rings is 1. The summed E-state index contributed by atoms with van der Waals surface area (Å²) >= 11 is 0. The van der Waals surface area contributed by atoms with Gasteiger partial charge >= 0.3 is 0 Å². The van der Waals surface area contributed by atoms with E-state index in [-0.39, 0.29) is 0 Å². The van der Waals surface area contributed by atoms with E-state index in [9.17, 15) is 0 Å². The number of aromatic nitrogens is 2. The molecule has 3 rings (SSSR count). The van der Waals surface area contributed by atoms with Crippen molar-refractivity contribution in [2.45, 2.75) is 6.61 Å². The number of fused-ring (bicyclic) bond motifs is 1. The van der Waals surface area contributed by atoms with Crippen molar-refractivity contribution < 1.29 is 4.74 Å². The van der Waals surface area contributed by atoms with Crippen molar-refractivity contribution in [3.63, 3.8) is 0 Å². The Balaban J connectivity index is 1.79. The molecule has 0 radical (unpaired) electrons. The Bertz CT molecular complexity index is 661. The Morgan fingerprint density at radius 2 is 2.17 bits per heavy atom. The lowest BCUT2D eigenvalue weighted by atomic mass is 10.2. The maximum absolute atomic E-state index is 5.74. The molecule has 0 atom stereocenters. The van der Waals surface area contributed by atoms with Crippen molar-refractivity contribution in [3.8, 4) is 5.75 Å². The highest BCUT2D eigenvalue weighted by Gasteiger charge is 2.02. The number of H-pyrrole nitrogens is 1. The van der Waals surface area contributed by atoms with Gasteiger partial charge in [-0.15, -0.1) is 0 Å². The van der Waals surface area contributed by atoms with Crippen LogP contribution in [-0.4, -0.2) is 9.97 Å². The number of nitrogens with two attached hydrogens (primary N) is 1. The molecule has 0 saturated carbocycles. The number of nitrogens with zero attached hydrogens (tertiary/aromatic N) is 1. The zero-order chi connectivity index (χ0) is 12.4. The largest absolute Gasteiger partial charge is 0.486 e. The average molecular weight is 239 g/mol. The van der Waals surface area contributed by atoms with Gasteiger partial charge in [-0.1, -0.05) is 0 Å². The van der Waals surface area contributed by atoms with Gasteiger partial charge in [-0.25, -0.2) is 0 Å². The summed E-state index contributed by atoms with van der Waals surface area (Å²) in [6.07, 6.45) is 3.42. The summed E-state index contributed by atoms with van der Waals surface area (Å²) in [5, 5.41) is 1.10. The lowest BCUT2D eigenvalue weighted by molar-refractivity contribution is 0.301. The highest BCUT2D eigenvalue weighted by molar-refractivity contribution is 5.83. The van der Waals surface area contributed by atoms with E-state index in [1.54, 1.807) is 12.4 Å². The van der Waals surface area contributed by atoms with Crippen LogP contribution >= 0.6 is 0 Å². The van der Waals surface area contributed by atoms with Gasteiger partial charge in [-0.05, 0) is 36.4 Å². The maximum atomic E-state index is 5.74. The second-order valence-electron chi connectivity index (χ2n) is 4.12. The van der Waals surface area contributed by atoms with Crippen molar-refractivity contribution in [2.75, 3.05) is 5.73 Å². The average Bonchev–Trinajstić information content (AvgIpc) is 2.79. The van der Waals surface area contributed by atoms with E-state index in [0.29, 0.717) is 6.61 Å². The van der Waals surface area contributed by atoms with Crippen LogP contribution in [-0.2, 0) is 6.61 Å². The van der Waals surface area contributed by atoms with Crippen LogP contribution in [0, 0.1) is 0 Å². The predicted octanol–water partition coefficient (Wildman–Crippen LogP) is 2.72. The van der Waals surface area contributed by atoms with E-state index in [4.69, 9.17) is 10.5 Å². The van der Waals surface area contributed by atoms with E-state index in [0.717, 1.165) is 28.0 Å². The molecular weight excluding hydrogens is 226 g/mol. The molecule has 0 aliphatic rings. The van der Waals surface area contributed by atoms with Gasteiger partial charge < -0.3 is 15.5 Å². The molecule has 0 aliphatic heterocycles. The minimum atomic E-state index is 0.486. The summed E-state index contributed by atoms with van der Waals surface area (Å²) in [5.41, 5.74) is 8.59. The van der Waals surface area contributed by atoms with Crippen molar-refractivity contribution in [3.05, 3.63) is 54.5 Å². The molecule has 4 heteroatoms. The highest BCUT2D eigenvalue weighted by atomic mass is 16.5. The normalized spacial score (nSPS) is 10.7. The topological polar surface area (TPSA) is 63.9 Å². The monoisotopic (exact) mass is 239 g/mol. The first kappa shape index (κ1) is 10.7. The summed E-state index contributed by atoms with van der Waals surface area (Å²) in [6.45, 7) is 0.486. The third-order valence-electron chi connectivity index (χ3n) is 2.73. The summed E-state index contributed by atoms with van der Waals surface area (Å²) in [7, 11) is 0. The van der Waals surface area contributed by atoms with Gasteiger partial charge in [0.15, 0.2) is 0 Å². The Kier molecular flexibility index (Phi) is 2.61. The molecule has 90 valence electrons. The third kappa shape index (κ3) is 2.13. The number of aromatic amines is 1. The number of nitrogen functional groups attached to an aromatic ring is 1. The summed E-state index contributed by atoms with van der Waals surface area (Å²) < 4.78 is 5.63. The van der Waals surface area contributed by atoms with Crippen LogP contribution in [0.15, 0.2) is 48.8 Å². The van der Waals surface area contributed by atoms with Crippen LogP contribution in [0.2, 0.25) is 0 Å². The second-order valence-corrected chi connectivity index (χ2v) is 4.12. The first-order valence-electron chi connectivity index (χ1n) is 5.71. The van der Waals surface area contributed by atoms with Gasteiger partial charge in [0.1, 0.15) is 12.4 Å². The number of rotatable bonds is 3. The van der Waals surface area contributed by atoms with E-state index in [1.165, 1.54) is 0 Å². The standard InChI is InChI=1S/C14H13N3O/c15-11-3-4-14-10(6-11)7-12(17-14)9-18-13-2-1-5-16-8-13/h1-8,17H,9,15H2. The Morgan fingerprint density at radius 1 is 1.22 bits per heavy atom. The van der Waals surface area contributed by atoms with E-state index < -0.39 is 0 Å². The number of ether oxygens (including phenoxy) is 1. The van der Waals surface area contributed by atoms with Gasteiger partial charge in [-0.3, -0.25) is 4.98 Å². The van der Waals surface area contributed by atoms with Crippen LogP contribution in [0.1, 0.15) is 5.69 Å². The summed E-state index contributed by atoms with van der Waals surface area (Å²) in [5.74, 6) is 0.760. The minimum absolute atomic E-state index is 0.486. The zero-order valence-electron chi connectivity index (χ0n) is 9.76. The highest BCUT2D eigenvalue weighted by Crippen LogP contribution is 2.19. The molecule has 0 unspecified atom stereocenters. The molecular formula is C14H13N3O. The lowest BCUT2D eigenvalue weighted by Crippen LogP contribution is -1.95. The molecule has 0 saturated heterocycles. The SMILES string of the molecule is Nc1ccc2[nH]c(COc3cccnc3)cc2c1. The van der Waals surface area contributed by atoms with Crippen LogP contribution in [0.4, 0.5) is 5.69 Å². The quantitative estimate of drug-likeness (QED) is 0.691. The second kappa shape index (κ2) is 4.41. The fraction of sp³-hybridized carbons (Fsp3) is 0.0714. The zero-order valence-corrected chi connectivity index (χ0v) is 9.76. The van der Waals surface area contributed by atoms with Gasteiger partial charge in [-0.2, -0.15) is 0 Å². The molecule has 4 nitrogen and oxygen atoms in total. The molecule has 2 aromatic heterocycles. The molecule has 0 bridgehead atoms. The number of benzene rings is 1. The molecule has 0 fully saturated rings. The van der Waals surface area contributed by atoms with Gasteiger partial charge in [0.25, 0.3) is 0 Å². The van der Waals surface area contributed by atoms with Crippen LogP contribution in [0.3, 0.4) is 0 Å².